The fourth-order valence-corrected chi connectivity index (χ4v) is 2.30. The first-order valence-corrected chi connectivity index (χ1v) is 7.97. The summed E-state index contributed by atoms with van der Waals surface area (Å²) in [6, 6.07) is 17.1. The van der Waals surface area contributed by atoms with Gasteiger partial charge in [0.25, 0.3) is 11.8 Å². The maximum atomic E-state index is 12.4. The highest BCUT2D eigenvalue weighted by Gasteiger charge is 2.09. The molecule has 0 aliphatic carbocycles. The first-order chi connectivity index (χ1) is 12.7. The smallest absolute Gasteiger partial charge is 0.255 e. The predicted molar refractivity (Wildman–Crippen MR) is 98.5 cm³/mol. The number of pyridine rings is 1. The Labute approximate surface area is 150 Å². The molecule has 130 valence electrons. The Kier molecular flexibility index (Phi) is 5.24. The van der Waals surface area contributed by atoms with Crippen LogP contribution >= 0.6 is 0 Å². The molecular formula is C20H17N3O3. The minimum absolute atomic E-state index is 0.210. The normalized spacial score (nSPS) is 10.0. The van der Waals surface area contributed by atoms with Crippen molar-refractivity contribution in [2.24, 2.45) is 0 Å². The molecule has 3 rings (SSSR count). The summed E-state index contributed by atoms with van der Waals surface area (Å²) in [4.78, 5) is 28.0. The number of nitrogens with zero attached hydrogens (tertiary/aromatic N) is 1. The van der Waals surface area contributed by atoms with Crippen molar-refractivity contribution in [2.45, 2.75) is 0 Å². The van der Waals surface area contributed by atoms with Gasteiger partial charge in [0.2, 0.25) is 0 Å². The van der Waals surface area contributed by atoms with Gasteiger partial charge in [-0.25, -0.2) is 0 Å². The van der Waals surface area contributed by atoms with E-state index in [4.69, 9.17) is 4.74 Å². The number of amides is 2. The maximum absolute atomic E-state index is 12.4. The number of anilines is 1. The number of hydrogen-bond acceptors (Lipinski definition) is 4. The molecular weight excluding hydrogens is 330 g/mol. The number of benzene rings is 2. The standard InChI is InChI=1S/C20H17N3O3/c1-21-19(24)15-4-2-5-16(12-15)23-20(25)14-7-9-17(10-8-14)26-18-6-3-11-22-13-18/h2-13H,1H3,(H,21,24)(H,23,25). The van der Waals surface area contributed by atoms with Gasteiger partial charge in [0.1, 0.15) is 11.5 Å². The zero-order valence-corrected chi connectivity index (χ0v) is 14.1. The molecule has 2 amide bonds. The second kappa shape index (κ2) is 7.94. The van der Waals surface area contributed by atoms with Gasteiger partial charge >= 0.3 is 0 Å². The van der Waals surface area contributed by atoms with E-state index in [0.29, 0.717) is 28.3 Å². The molecule has 0 atom stereocenters. The minimum Gasteiger partial charge on any atom is -0.456 e. The summed E-state index contributed by atoms with van der Waals surface area (Å²) >= 11 is 0. The van der Waals surface area contributed by atoms with Gasteiger partial charge in [-0.05, 0) is 54.6 Å². The van der Waals surface area contributed by atoms with Crippen molar-refractivity contribution in [3.8, 4) is 11.5 Å². The highest BCUT2D eigenvalue weighted by molar-refractivity contribution is 6.05. The quantitative estimate of drug-likeness (QED) is 0.740. The Morgan fingerprint density at radius 1 is 0.885 bits per heavy atom. The van der Waals surface area contributed by atoms with Crippen LogP contribution in [0.4, 0.5) is 5.69 Å². The fraction of sp³-hybridized carbons (Fsp3) is 0.0500. The van der Waals surface area contributed by atoms with Crippen LogP contribution in [0.25, 0.3) is 0 Å². The van der Waals surface area contributed by atoms with Crippen LogP contribution in [0.1, 0.15) is 20.7 Å². The van der Waals surface area contributed by atoms with Gasteiger partial charge in [-0.2, -0.15) is 0 Å². The number of carbonyl (C=O) groups excluding carboxylic acids is 2. The summed E-state index contributed by atoms with van der Waals surface area (Å²) < 4.78 is 5.65. The van der Waals surface area contributed by atoms with Gasteiger partial charge in [-0.1, -0.05) is 6.07 Å². The molecule has 1 heterocycles. The number of nitrogens with one attached hydrogen (secondary N) is 2. The average Bonchev–Trinajstić information content (AvgIpc) is 2.69. The van der Waals surface area contributed by atoms with E-state index in [2.05, 4.69) is 15.6 Å². The number of rotatable bonds is 5. The molecule has 0 aliphatic heterocycles. The molecule has 6 heteroatoms. The monoisotopic (exact) mass is 347 g/mol. The first-order valence-electron chi connectivity index (χ1n) is 7.97. The van der Waals surface area contributed by atoms with Crippen LogP contribution in [0, 0.1) is 0 Å². The van der Waals surface area contributed by atoms with Crippen molar-refractivity contribution in [3.63, 3.8) is 0 Å². The van der Waals surface area contributed by atoms with E-state index < -0.39 is 0 Å². The summed E-state index contributed by atoms with van der Waals surface area (Å²) in [5.41, 5.74) is 1.51. The molecule has 0 saturated heterocycles. The Balaban J connectivity index is 1.68. The second-order valence-electron chi connectivity index (χ2n) is 5.43. The van der Waals surface area contributed by atoms with Gasteiger partial charge < -0.3 is 15.4 Å². The highest BCUT2D eigenvalue weighted by Crippen LogP contribution is 2.21. The van der Waals surface area contributed by atoms with Crippen LogP contribution in [-0.4, -0.2) is 23.8 Å². The topological polar surface area (TPSA) is 80.3 Å². The van der Waals surface area contributed by atoms with Gasteiger partial charge in [0.05, 0.1) is 6.20 Å². The Hall–Kier alpha value is -3.67. The molecule has 6 nitrogen and oxygen atoms in total. The molecule has 2 N–H and O–H groups in total. The number of aromatic nitrogens is 1. The van der Waals surface area contributed by atoms with Gasteiger partial charge in [0.15, 0.2) is 0 Å². The van der Waals surface area contributed by atoms with Crippen molar-refractivity contribution in [2.75, 3.05) is 12.4 Å². The minimum atomic E-state index is -0.271. The summed E-state index contributed by atoms with van der Waals surface area (Å²) in [6.45, 7) is 0. The van der Waals surface area contributed by atoms with E-state index in [0.717, 1.165) is 0 Å². The summed E-state index contributed by atoms with van der Waals surface area (Å²) in [5.74, 6) is 0.747. The zero-order valence-electron chi connectivity index (χ0n) is 14.1. The van der Waals surface area contributed by atoms with E-state index in [-0.39, 0.29) is 11.8 Å². The molecule has 3 aromatic rings. The summed E-state index contributed by atoms with van der Waals surface area (Å²) in [6.07, 6.45) is 3.28. The fourth-order valence-electron chi connectivity index (χ4n) is 2.30. The number of carbonyl (C=O) groups is 2. The van der Waals surface area contributed by atoms with Crippen LogP contribution in [0.5, 0.6) is 11.5 Å². The van der Waals surface area contributed by atoms with Crippen LogP contribution in [0.2, 0.25) is 0 Å². The van der Waals surface area contributed by atoms with E-state index >= 15 is 0 Å². The van der Waals surface area contributed by atoms with Gasteiger partial charge in [-0.3, -0.25) is 14.6 Å². The molecule has 0 bridgehead atoms. The SMILES string of the molecule is CNC(=O)c1cccc(NC(=O)c2ccc(Oc3cccnc3)cc2)c1. The molecule has 2 aromatic carbocycles. The zero-order chi connectivity index (χ0) is 18.4. The first kappa shape index (κ1) is 17.2. The lowest BCUT2D eigenvalue weighted by Gasteiger charge is -2.08. The molecule has 1 aromatic heterocycles. The third-order valence-electron chi connectivity index (χ3n) is 3.60. The maximum Gasteiger partial charge on any atom is 0.255 e. The van der Waals surface area contributed by atoms with E-state index in [1.54, 1.807) is 80.1 Å². The van der Waals surface area contributed by atoms with Crippen molar-refractivity contribution in [3.05, 3.63) is 84.2 Å². The van der Waals surface area contributed by atoms with Crippen molar-refractivity contribution in [1.82, 2.24) is 10.3 Å². The molecule has 26 heavy (non-hydrogen) atoms. The average molecular weight is 347 g/mol. The highest BCUT2D eigenvalue weighted by atomic mass is 16.5. The van der Waals surface area contributed by atoms with Gasteiger partial charge in [0, 0.05) is 30.1 Å². The van der Waals surface area contributed by atoms with E-state index in [1.807, 2.05) is 0 Å². The number of hydrogen-bond donors (Lipinski definition) is 2. The van der Waals surface area contributed by atoms with Crippen molar-refractivity contribution in [1.29, 1.82) is 0 Å². The van der Waals surface area contributed by atoms with Gasteiger partial charge in [-0.15, -0.1) is 0 Å². The summed E-state index contributed by atoms with van der Waals surface area (Å²) in [5, 5.41) is 5.33. The molecule has 0 aliphatic rings. The molecule has 0 radical (unpaired) electrons. The van der Waals surface area contributed by atoms with Crippen LogP contribution in [0.3, 0.4) is 0 Å². The van der Waals surface area contributed by atoms with Crippen molar-refractivity contribution >= 4 is 17.5 Å². The Morgan fingerprint density at radius 3 is 2.38 bits per heavy atom. The van der Waals surface area contributed by atoms with Crippen LogP contribution in [-0.2, 0) is 0 Å². The Morgan fingerprint density at radius 2 is 1.69 bits per heavy atom. The molecule has 0 spiro atoms. The Bertz CT molecular complexity index is 909. The number of ether oxygens (including phenoxy) is 1. The summed E-state index contributed by atoms with van der Waals surface area (Å²) in [7, 11) is 1.56. The largest absolute Gasteiger partial charge is 0.456 e. The predicted octanol–water partition coefficient (Wildman–Crippen LogP) is 3.49. The third kappa shape index (κ3) is 4.24. The molecule has 0 fully saturated rings. The van der Waals surface area contributed by atoms with Crippen LogP contribution in [0.15, 0.2) is 73.1 Å². The van der Waals surface area contributed by atoms with E-state index in [9.17, 15) is 9.59 Å². The molecule has 0 saturated carbocycles. The lowest BCUT2D eigenvalue weighted by molar-refractivity contribution is 0.0961. The van der Waals surface area contributed by atoms with Crippen LogP contribution < -0.4 is 15.4 Å². The van der Waals surface area contributed by atoms with E-state index in [1.165, 1.54) is 0 Å². The molecule has 0 unspecified atom stereocenters. The lowest BCUT2D eigenvalue weighted by atomic mass is 10.1. The van der Waals surface area contributed by atoms with Crippen molar-refractivity contribution < 1.29 is 14.3 Å². The lowest BCUT2D eigenvalue weighted by Crippen LogP contribution is -2.18. The second-order valence-corrected chi connectivity index (χ2v) is 5.43. The third-order valence-corrected chi connectivity index (χ3v) is 3.60.